The normalized spacial score (nSPS) is 17.8. The molecular formula is C16H23N2O5S+. The van der Waals surface area contributed by atoms with Gasteiger partial charge in [-0.3, -0.25) is 0 Å². The summed E-state index contributed by atoms with van der Waals surface area (Å²) in [7, 11) is 1.49. The SMILES string of the molecule is COc1ccc(C2=NOC(COC(=O)[C@@H]([NH3+])CCSC)C2)cc1O. The molecule has 7 nitrogen and oxygen atoms in total. The quantitative estimate of drug-likeness (QED) is 0.668. The summed E-state index contributed by atoms with van der Waals surface area (Å²) >= 11 is 1.67. The molecule has 0 fully saturated rings. The van der Waals surface area contributed by atoms with E-state index in [4.69, 9.17) is 14.3 Å². The molecule has 0 saturated carbocycles. The summed E-state index contributed by atoms with van der Waals surface area (Å²) in [5.41, 5.74) is 5.26. The molecule has 1 unspecified atom stereocenters. The van der Waals surface area contributed by atoms with Gasteiger partial charge in [-0.25, -0.2) is 4.79 Å². The average Bonchev–Trinajstić information content (AvgIpc) is 3.06. The predicted octanol–water partition coefficient (Wildman–Crippen LogP) is 0.801. The van der Waals surface area contributed by atoms with Gasteiger partial charge in [0.05, 0.1) is 12.8 Å². The molecule has 0 saturated heterocycles. The fourth-order valence-electron chi connectivity index (χ4n) is 2.23. The van der Waals surface area contributed by atoms with E-state index in [1.807, 2.05) is 6.26 Å². The number of nitrogens with zero attached hydrogens (tertiary/aromatic N) is 1. The lowest BCUT2D eigenvalue weighted by Gasteiger charge is -2.11. The fraction of sp³-hybridized carbons (Fsp3) is 0.500. The van der Waals surface area contributed by atoms with Crippen LogP contribution in [0.15, 0.2) is 23.4 Å². The Labute approximate surface area is 145 Å². The van der Waals surface area contributed by atoms with E-state index in [0.717, 1.165) is 11.3 Å². The topological polar surface area (TPSA) is 105 Å². The molecule has 1 aromatic carbocycles. The minimum absolute atomic E-state index is 0.0428. The number of oxime groups is 1. The van der Waals surface area contributed by atoms with Crippen LogP contribution in [-0.2, 0) is 14.4 Å². The highest BCUT2D eigenvalue weighted by molar-refractivity contribution is 7.98. The molecule has 0 aromatic heterocycles. The first-order chi connectivity index (χ1) is 11.5. The van der Waals surface area contributed by atoms with Gasteiger partial charge in [0.1, 0.15) is 6.61 Å². The van der Waals surface area contributed by atoms with Crippen LogP contribution < -0.4 is 10.5 Å². The van der Waals surface area contributed by atoms with Crippen molar-refractivity contribution in [1.82, 2.24) is 0 Å². The number of rotatable bonds is 8. The largest absolute Gasteiger partial charge is 0.504 e. The molecule has 1 aliphatic heterocycles. The molecule has 0 spiro atoms. The van der Waals surface area contributed by atoms with Gasteiger partial charge in [0.2, 0.25) is 0 Å². The lowest BCUT2D eigenvalue weighted by molar-refractivity contribution is -0.408. The van der Waals surface area contributed by atoms with E-state index in [-0.39, 0.29) is 30.5 Å². The van der Waals surface area contributed by atoms with Crippen molar-refractivity contribution in [3.8, 4) is 11.5 Å². The van der Waals surface area contributed by atoms with E-state index in [1.54, 1.807) is 30.0 Å². The number of phenols is 1. The first-order valence-electron chi connectivity index (χ1n) is 7.63. The number of hydrogen-bond donors (Lipinski definition) is 2. The van der Waals surface area contributed by atoms with E-state index in [2.05, 4.69) is 10.9 Å². The third-order valence-electron chi connectivity index (χ3n) is 3.66. The molecule has 0 aliphatic carbocycles. The number of thioether (sulfide) groups is 1. The summed E-state index contributed by atoms with van der Waals surface area (Å²) in [6.07, 6.45) is 2.87. The highest BCUT2D eigenvalue weighted by Crippen LogP contribution is 2.28. The smallest absolute Gasteiger partial charge is 0.364 e. The van der Waals surface area contributed by atoms with Crippen LogP contribution in [0, 0.1) is 0 Å². The van der Waals surface area contributed by atoms with Crippen molar-refractivity contribution in [2.75, 3.05) is 25.7 Å². The number of ether oxygens (including phenoxy) is 2. The molecular weight excluding hydrogens is 332 g/mol. The number of hydrogen-bond acceptors (Lipinski definition) is 7. The van der Waals surface area contributed by atoms with Crippen LogP contribution in [0.2, 0.25) is 0 Å². The van der Waals surface area contributed by atoms with Crippen LogP contribution in [0.25, 0.3) is 0 Å². The van der Waals surface area contributed by atoms with Crippen molar-refractivity contribution in [2.24, 2.45) is 5.16 Å². The second-order valence-corrected chi connectivity index (χ2v) is 6.45. The third-order valence-corrected chi connectivity index (χ3v) is 4.30. The zero-order valence-electron chi connectivity index (χ0n) is 13.9. The lowest BCUT2D eigenvalue weighted by atomic mass is 10.0. The zero-order chi connectivity index (χ0) is 17.5. The minimum Gasteiger partial charge on any atom is -0.504 e. The second kappa shape index (κ2) is 8.79. The molecule has 2 atom stereocenters. The predicted molar refractivity (Wildman–Crippen MR) is 91.3 cm³/mol. The monoisotopic (exact) mass is 355 g/mol. The standard InChI is InChI=1S/C16H22N2O5S/c1-21-15-4-3-10(7-14(15)19)13-8-11(23-18-13)9-22-16(20)12(17)5-6-24-2/h3-4,7,11-12,19H,5-6,8-9,17H2,1-2H3/p+1/t11?,12-/m0/s1. The Bertz CT molecular complexity index is 608. The zero-order valence-corrected chi connectivity index (χ0v) is 14.7. The first-order valence-corrected chi connectivity index (χ1v) is 9.03. The Morgan fingerprint density at radius 3 is 3.04 bits per heavy atom. The average molecular weight is 355 g/mol. The number of phenolic OH excluding ortho intramolecular Hbond substituents is 1. The summed E-state index contributed by atoms with van der Waals surface area (Å²) in [6, 6.07) is 4.67. The molecule has 1 heterocycles. The molecule has 24 heavy (non-hydrogen) atoms. The van der Waals surface area contributed by atoms with Gasteiger partial charge >= 0.3 is 5.97 Å². The van der Waals surface area contributed by atoms with Crippen molar-refractivity contribution < 1.29 is 29.9 Å². The lowest BCUT2D eigenvalue weighted by Crippen LogP contribution is -2.65. The molecule has 8 heteroatoms. The number of methoxy groups -OCH3 is 1. The van der Waals surface area contributed by atoms with Crippen LogP contribution in [-0.4, -0.2) is 54.7 Å². The van der Waals surface area contributed by atoms with Crippen molar-refractivity contribution in [1.29, 1.82) is 0 Å². The van der Waals surface area contributed by atoms with Crippen molar-refractivity contribution in [3.63, 3.8) is 0 Å². The molecule has 1 aliphatic rings. The second-order valence-electron chi connectivity index (χ2n) is 5.46. The number of aromatic hydroxyl groups is 1. The Morgan fingerprint density at radius 2 is 2.38 bits per heavy atom. The maximum absolute atomic E-state index is 11.8. The van der Waals surface area contributed by atoms with Gasteiger partial charge in [-0.05, 0) is 30.2 Å². The van der Waals surface area contributed by atoms with Gasteiger partial charge in [0, 0.05) is 18.4 Å². The number of quaternary nitrogens is 1. The molecule has 2 rings (SSSR count). The van der Waals surface area contributed by atoms with Crippen LogP contribution >= 0.6 is 11.8 Å². The maximum atomic E-state index is 11.8. The van der Waals surface area contributed by atoms with Gasteiger partial charge < -0.3 is 25.2 Å². The fourth-order valence-corrected chi connectivity index (χ4v) is 2.75. The number of esters is 1. The number of carbonyl (C=O) groups excluding carboxylic acids is 1. The molecule has 1 aromatic rings. The van der Waals surface area contributed by atoms with Gasteiger partial charge in [-0.1, -0.05) is 5.16 Å². The molecule has 4 N–H and O–H groups in total. The van der Waals surface area contributed by atoms with Crippen LogP contribution in [0.4, 0.5) is 0 Å². The van der Waals surface area contributed by atoms with E-state index >= 15 is 0 Å². The highest BCUT2D eigenvalue weighted by atomic mass is 32.2. The Balaban J connectivity index is 1.82. The summed E-state index contributed by atoms with van der Waals surface area (Å²) in [4.78, 5) is 17.1. The van der Waals surface area contributed by atoms with Gasteiger partial charge in [0.25, 0.3) is 0 Å². The van der Waals surface area contributed by atoms with Crippen molar-refractivity contribution >= 4 is 23.4 Å². The van der Waals surface area contributed by atoms with Crippen LogP contribution in [0.3, 0.4) is 0 Å². The molecule has 0 amide bonds. The van der Waals surface area contributed by atoms with E-state index < -0.39 is 0 Å². The third kappa shape index (κ3) is 4.78. The summed E-state index contributed by atoms with van der Waals surface area (Å²) in [6.45, 7) is 0.138. The number of carbonyl (C=O) groups is 1. The molecule has 0 bridgehead atoms. The molecule has 132 valence electrons. The van der Waals surface area contributed by atoms with Crippen molar-refractivity contribution in [2.45, 2.75) is 25.0 Å². The minimum atomic E-state index is -0.363. The van der Waals surface area contributed by atoms with E-state index in [9.17, 15) is 9.90 Å². The highest BCUT2D eigenvalue weighted by Gasteiger charge is 2.26. The first kappa shape index (κ1) is 18.4. The maximum Gasteiger partial charge on any atom is 0.364 e. The Kier molecular flexibility index (Phi) is 6.74. The van der Waals surface area contributed by atoms with Gasteiger partial charge in [-0.15, -0.1) is 0 Å². The number of benzene rings is 1. The van der Waals surface area contributed by atoms with Gasteiger partial charge in [0.15, 0.2) is 23.6 Å². The van der Waals surface area contributed by atoms with Gasteiger partial charge in [-0.2, -0.15) is 11.8 Å². The summed E-state index contributed by atoms with van der Waals surface area (Å²) in [5, 5.41) is 13.8. The van der Waals surface area contributed by atoms with E-state index in [0.29, 0.717) is 24.3 Å². The Morgan fingerprint density at radius 1 is 1.58 bits per heavy atom. The van der Waals surface area contributed by atoms with Crippen molar-refractivity contribution in [3.05, 3.63) is 23.8 Å². The Hall–Kier alpha value is -1.93. The van der Waals surface area contributed by atoms with Crippen LogP contribution in [0.1, 0.15) is 18.4 Å². The summed E-state index contributed by atoms with van der Waals surface area (Å²) in [5.74, 6) is 0.997. The van der Waals surface area contributed by atoms with E-state index in [1.165, 1.54) is 7.11 Å². The molecule has 0 radical (unpaired) electrons. The summed E-state index contributed by atoms with van der Waals surface area (Å²) < 4.78 is 10.3. The van der Waals surface area contributed by atoms with Crippen LogP contribution in [0.5, 0.6) is 11.5 Å².